The zero-order chi connectivity index (χ0) is 16.2. The van der Waals surface area contributed by atoms with Crippen LogP contribution in [0.1, 0.15) is 95.0 Å². The smallest absolute Gasteiger partial charge is 0.128 e. The lowest BCUT2D eigenvalue weighted by Crippen LogP contribution is -2.33. The van der Waals surface area contributed by atoms with E-state index in [1.165, 1.54) is 42.6 Å². The van der Waals surface area contributed by atoms with Gasteiger partial charge in [-0.25, -0.2) is 0 Å². The Morgan fingerprint density at radius 3 is 2.68 bits per heavy atom. The first-order valence-corrected chi connectivity index (χ1v) is 9.00. The second-order valence-electron chi connectivity index (χ2n) is 7.31. The quantitative estimate of drug-likeness (QED) is 0.498. The van der Waals surface area contributed by atoms with Crippen LogP contribution in [-0.4, -0.2) is 11.3 Å². The molecule has 1 aromatic rings. The molecule has 2 heteroatoms. The molecule has 0 aliphatic heterocycles. The molecule has 3 unspecified atom stereocenters. The summed E-state index contributed by atoms with van der Waals surface area (Å²) in [5.41, 5.74) is 3.64. The van der Waals surface area contributed by atoms with Crippen LogP contribution in [0.5, 0.6) is 0 Å². The molecule has 0 saturated heterocycles. The minimum atomic E-state index is 0.00495. The summed E-state index contributed by atoms with van der Waals surface area (Å²) in [5, 5.41) is 0. The zero-order valence-electron chi connectivity index (χ0n) is 14.7. The van der Waals surface area contributed by atoms with Gasteiger partial charge in [-0.15, -0.1) is 0 Å². The highest BCUT2D eigenvalue weighted by Crippen LogP contribution is 2.50. The standard InChI is InChI=1S/C20H31NO/c1-5-7-8-9-10-16-11-12-17-18(14-22)20(4,6-2)13-15(3)19(17)21-16/h11-12,14-15,18H,5-10,13H2,1-4H3. The van der Waals surface area contributed by atoms with Gasteiger partial charge < -0.3 is 4.79 Å². The molecule has 0 saturated carbocycles. The van der Waals surface area contributed by atoms with Gasteiger partial charge in [0.1, 0.15) is 6.29 Å². The van der Waals surface area contributed by atoms with Gasteiger partial charge >= 0.3 is 0 Å². The SMILES string of the molecule is CCCCCCc1ccc2c(n1)C(C)CC(C)(CC)C2C=O. The predicted octanol–water partition coefficient (Wildman–Crippen LogP) is 5.41. The lowest BCUT2D eigenvalue weighted by molar-refractivity contribution is -0.112. The average molecular weight is 301 g/mol. The van der Waals surface area contributed by atoms with Crippen LogP contribution in [0.3, 0.4) is 0 Å². The van der Waals surface area contributed by atoms with Crippen molar-refractivity contribution >= 4 is 6.29 Å². The summed E-state index contributed by atoms with van der Waals surface area (Å²) in [5.74, 6) is 0.456. The highest BCUT2D eigenvalue weighted by atomic mass is 16.1. The molecule has 0 fully saturated rings. The Balaban J connectivity index is 2.22. The van der Waals surface area contributed by atoms with E-state index in [9.17, 15) is 4.79 Å². The lowest BCUT2D eigenvalue weighted by atomic mass is 9.62. The average Bonchev–Trinajstić information content (AvgIpc) is 2.52. The molecule has 1 aromatic heterocycles. The fraction of sp³-hybridized carbons (Fsp3) is 0.700. The fourth-order valence-electron chi connectivity index (χ4n) is 3.96. The van der Waals surface area contributed by atoms with Crippen molar-refractivity contribution in [3.05, 3.63) is 29.1 Å². The number of pyridine rings is 1. The third-order valence-electron chi connectivity index (χ3n) is 5.57. The van der Waals surface area contributed by atoms with Gasteiger partial charge in [0.2, 0.25) is 0 Å². The fourth-order valence-corrected chi connectivity index (χ4v) is 3.96. The van der Waals surface area contributed by atoms with E-state index < -0.39 is 0 Å². The maximum absolute atomic E-state index is 11.7. The Kier molecular flexibility index (Phi) is 5.77. The van der Waals surface area contributed by atoms with Crippen molar-refractivity contribution in [1.29, 1.82) is 0 Å². The second-order valence-corrected chi connectivity index (χ2v) is 7.31. The van der Waals surface area contributed by atoms with Crippen LogP contribution >= 0.6 is 0 Å². The molecule has 0 amide bonds. The number of carbonyl (C=O) groups is 1. The molecule has 0 spiro atoms. The molecule has 0 bridgehead atoms. The molecule has 1 aliphatic rings. The number of hydrogen-bond donors (Lipinski definition) is 0. The monoisotopic (exact) mass is 301 g/mol. The second kappa shape index (κ2) is 7.39. The van der Waals surface area contributed by atoms with Gasteiger partial charge in [-0.2, -0.15) is 0 Å². The maximum Gasteiger partial charge on any atom is 0.128 e. The maximum atomic E-state index is 11.7. The van der Waals surface area contributed by atoms with Crippen LogP contribution in [0, 0.1) is 5.41 Å². The summed E-state index contributed by atoms with van der Waals surface area (Å²) >= 11 is 0. The van der Waals surface area contributed by atoms with Crippen molar-refractivity contribution in [3.8, 4) is 0 Å². The van der Waals surface area contributed by atoms with E-state index in [0.717, 1.165) is 25.5 Å². The molecule has 2 nitrogen and oxygen atoms in total. The molecule has 1 aliphatic carbocycles. The molecule has 122 valence electrons. The lowest BCUT2D eigenvalue weighted by Gasteiger charge is -2.42. The molecule has 0 aromatic carbocycles. The Hall–Kier alpha value is -1.18. The van der Waals surface area contributed by atoms with E-state index in [-0.39, 0.29) is 11.3 Å². The summed E-state index contributed by atoms with van der Waals surface area (Å²) in [4.78, 5) is 16.6. The molecule has 22 heavy (non-hydrogen) atoms. The highest BCUT2D eigenvalue weighted by Gasteiger charge is 2.41. The van der Waals surface area contributed by atoms with Gasteiger partial charge in [0, 0.05) is 17.3 Å². The van der Waals surface area contributed by atoms with Crippen molar-refractivity contribution in [2.24, 2.45) is 5.41 Å². The van der Waals surface area contributed by atoms with Gasteiger partial charge in [-0.1, -0.05) is 53.0 Å². The largest absolute Gasteiger partial charge is 0.303 e. The first kappa shape index (κ1) is 17.2. The molecule has 1 heterocycles. The Morgan fingerprint density at radius 2 is 2.05 bits per heavy atom. The number of aryl methyl sites for hydroxylation is 1. The third-order valence-corrected chi connectivity index (χ3v) is 5.57. The van der Waals surface area contributed by atoms with Gasteiger partial charge in [0.05, 0.1) is 0 Å². The van der Waals surface area contributed by atoms with E-state index in [1.807, 2.05) is 0 Å². The van der Waals surface area contributed by atoms with Gasteiger partial charge in [-0.05, 0) is 48.6 Å². The van der Waals surface area contributed by atoms with Crippen LogP contribution in [0.4, 0.5) is 0 Å². The van der Waals surface area contributed by atoms with E-state index in [4.69, 9.17) is 4.98 Å². The zero-order valence-corrected chi connectivity index (χ0v) is 14.7. The summed E-state index contributed by atoms with van der Waals surface area (Å²) in [6.07, 6.45) is 9.40. The molecular weight excluding hydrogens is 270 g/mol. The Bertz CT molecular complexity index is 510. The number of fused-ring (bicyclic) bond motifs is 1. The number of carbonyl (C=O) groups excluding carboxylic acids is 1. The normalized spacial score (nSPS) is 27.5. The Morgan fingerprint density at radius 1 is 1.27 bits per heavy atom. The first-order valence-electron chi connectivity index (χ1n) is 9.00. The summed E-state index contributed by atoms with van der Waals surface area (Å²) in [7, 11) is 0. The Labute approximate surface area is 135 Å². The van der Waals surface area contributed by atoms with E-state index in [0.29, 0.717) is 5.92 Å². The molecule has 0 radical (unpaired) electrons. The minimum absolute atomic E-state index is 0.00495. The first-order chi connectivity index (χ1) is 10.6. The number of unbranched alkanes of at least 4 members (excludes halogenated alkanes) is 3. The molecule has 3 atom stereocenters. The summed E-state index contributed by atoms with van der Waals surface area (Å²) in [6.45, 7) is 8.96. The predicted molar refractivity (Wildman–Crippen MR) is 92.3 cm³/mol. The third kappa shape index (κ3) is 3.42. The minimum Gasteiger partial charge on any atom is -0.303 e. The van der Waals surface area contributed by atoms with Crippen LogP contribution in [0.15, 0.2) is 12.1 Å². The van der Waals surface area contributed by atoms with Crippen LogP contribution in [-0.2, 0) is 11.2 Å². The number of nitrogens with zero attached hydrogens (tertiary/aromatic N) is 1. The van der Waals surface area contributed by atoms with Crippen molar-refractivity contribution in [1.82, 2.24) is 4.98 Å². The number of aromatic nitrogens is 1. The van der Waals surface area contributed by atoms with Crippen molar-refractivity contribution in [2.45, 2.75) is 84.5 Å². The topological polar surface area (TPSA) is 30.0 Å². The van der Waals surface area contributed by atoms with Crippen molar-refractivity contribution in [2.75, 3.05) is 0 Å². The molecule has 2 rings (SSSR count). The van der Waals surface area contributed by atoms with Gasteiger partial charge in [0.25, 0.3) is 0 Å². The van der Waals surface area contributed by atoms with Gasteiger partial charge in [-0.3, -0.25) is 4.98 Å². The van der Waals surface area contributed by atoms with Crippen LogP contribution in [0.2, 0.25) is 0 Å². The molecular formula is C20H31NO. The molecule has 0 N–H and O–H groups in total. The summed E-state index contributed by atoms with van der Waals surface area (Å²) in [6, 6.07) is 4.33. The van der Waals surface area contributed by atoms with E-state index in [2.05, 4.69) is 39.8 Å². The number of hydrogen-bond acceptors (Lipinski definition) is 2. The van der Waals surface area contributed by atoms with Crippen molar-refractivity contribution in [3.63, 3.8) is 0 Å². The van der Waals surface area contributed by atoms with Crippen LogP contribution < -0.4 is 0 Å². The number of rotatable bonds is 7. The van der Waals surface area contributed by atoms with E-state index >= 15 is 0 Å². The van der Waals surface area contributed by atoms with Gasteiger partial charge in [0.15, 0.2) is 0 Å². The van der Waals surface area contributed by atoms with E-state index in [1.54, 1.807) is 0 Å². The summed E-state index contributed by atoms with van der Waals surface area (Å²) < 4.78 is 0. The number of aldehydes is 1. The van der Waals surface area contributed by atoms with Crippen LogP contribution in [0.25, 0.3) is 0 Å². The van der Waals surface area contributed by atoms with Crippen molar-refractivity contribution < 1.29 is 4.79 Å². The highest BCUT2D eigenvalue weighted by molar-refractivity contribution is 5.65.